The van der Waals surface area contributed by atoms with Crippen LogP contribution in [0.15, 0.2) is 59.8 Å². The lowest BCUT2D eigenvalue weighted by Gasteiger charge is -2.37. The highest BCUT2D eigenvalue weighted by Gasteiger charge is 2.30. The third kappa shape index (κ3) is 5.21. The van der Waals surface area contributed by atoms with Crippen LogP contribution in [0.3, 0.4) is 0 Å². The minimum absolute atomic E-state index is 0. The number of pyridine rings is 1. The van der Waals surface area contributed by atoms with Crippen molar-refractivity contribution in [3.63, 3.8) is 0 Å². The summed E-state index contributed by atoms with van der Waals surface area (Å²) < 4.78 is 0. The van der Waals surface area contributed by atoms with Crippen LogP contribution >= 0.6 is 24.2 Å². The van der Waals surface area contributed by atoms with Crippen LogP contribution in [0.4, 0.5) is 0 Å². The van der Waals surface area contributed by atoms with E-state index in [2.05, 4.69) is 22.4 Å². The molecular formula is C19H24ClN3OS. The maximum absolute atomic E-state index is 13.0. The number of amides is 1. The van der Waals surface area contributed by atoms with Crippen molar-refractivity contribution >= 4 is 30.1 Å². The van der Waals surface area contributed by atoms with Gasteiger partial charge in [0.25, 0.3) is 0 Å². The Morgan fingerprint density at radius 3 is 2.84 bits per heavy atom. The van der Waals surface area contributed by atoms with E-state index < -0.39 is 0 Å². The average molecular weight is 378 g/mol. The zero-order valence-electron chi connectivity index (χ0n) is 14.3. The van der Waals surface area contributed by atoms with Crippen molar-refractivity contribution in [1.82, 2.24) is 15.2 Å². The van der Waals surface area contributed by atoms with Gasteiger partial charge in [0.2, 0.25) is 5.91 Å². The molecule has 0 radical (unpaired) electrons. The Hall–Kier alpha value is -1.56. The van der Waals surface area contributed by atoms with Crippen LogP contribution in [-0.2, 0) is 4.79 Å². The predicted molar refractivity (Wildman–Crippen MR) is 105 cm³/mol. The minimum atomic E-state index is -0.00697. The zero-order valence-corrected chi connectivity index (χ0v) is 15.9. The van der Waals surface area contributed by atoms with Gasteiger partial charge in [0, 0.05) is 48.6 Å². The van der Waals surface area contributed by atoms with Crippen LogP contribution in [0.5, 0.6) is 0 Å². The summed E-state index contributed by atoms with van der Waals surface area (Å²) in [5, 5.41) is 3.39. The Kier molecular flexibility index (Phi) is 7.75. The highest BCUT2D eigenvalue weighted by Crippen LogP contribution is 2.26. The fourth-order valence-corrected chi connectivity index (χ4v) is 3.87. The van der Waals surface area contributed by atoms with E-state index in [0.29, 0.717) is 0 Å². The molecule has 4 nitrogen and oxygen atoms in total. The molecule has 1 N–H and O–H groups in total. The molecule has 0 saturated carbocycles. The van der Waals surface area contributed by atoms with Gasteiger partial charge in [-0.15, -0.1) is 24.2 Å². The molecule has 0 bridgehead atoms. The van der Waals surface area contributed by atoms with Gasteiger partial charge in [-0.25, -0.2) is 0 Å². The molecule has 1 fully saturated rings. The summed E-state index contributed by atoms with van der Waals surface area (Å²) in [6.07, 6.45) is 3.63. The van der Waals surface area contributed by atoms with E-state index in [1.165, 1.54) is 4.90 Å². The lowest BCUT2D eigenvalue weighted by atomic mass is 10.0. The van der Waals surface area contributed by atoms with Crippen molar-refractivity contribution in [2.75, 3.05) is 25.4 Å². The highest BCUT2D eigenvalue weighted by molar-refractivity contribution is 7.99. The number of carbonyl (C=O) groups is 1. The molecule has 3 rings (SSSR count). The largest absolute Gasteiger partial charge is 0.333 e. The van der Waals surface area contributed by atoms with E-state index in [1.54, 1.807) is 18.0 Å². The zero-order chi connectivity index (χ0) is 16.8. The topological polar surface area (TPSA) is 45.2 Å². The van der Waals surface area contributed by atoms with E-state index in [4.69, 9.17) is 0 Å². The first kappa shape index (κ1) is 19.8. The summed E-state index contributed by atoms with van der Waals surface area (Å²) >= 11 is 1.74. The van der Waals surface area contributed by atoms with Gasteiger partial charge in [0.1, 0.15) is 0 Å². The molecular weight excluding hydrogens is 354 g/mol. The first-order valence-electron chi connectivity index (χ1n) is 8.34. The Morgan fingerprint density at radius 2 is 2.12 bits per heavy atom. The third-order valence-corrected chi connectivity index (χ3v) is 5.53. The Balaban J connectivity index is 0.00000225. The Morgan fingerprint density at radius 1 is 1.32 bits per heavy atom. The van der Waals surface area contributed by atoms with Crippen molar-refractivity contribution in [2.24, 2.45) is 5.92 Å². The monoisotopic (exact) mass is 377 g/mol. The fourth-order valence-electron chi connectivity index (χ4n) is 2.93. The van der Waals surface area contributed by atoms with Crippen LogP contribution in [0.25, 0.3) is 0 Å². The molecule has 134 valence electrons. The summed E-state index contributed by atoms with van der Waals surface area (Å²) in [5.74, 6) is 1.02. The molecule has 1 aromatic carbocycles. The number of hydrogen-bond donors (Lipinski definition) is 1. The van der Waals surface area contributed by atoms with Crippen molar-refractivity contribution in [1.29, 1.82) is 0 Å². The number of nitrogens with zero attached hydrogens (tertiary/aromatic N) is 2. The number of thioether (sulfide) groups is 1. The minimum Gasteiger partial charge on any atom is -0.333 e. The van der Waals surface area contributed by atoms with Gasteiger partial charge in [0.15, 0.2) is 0 Å². The van der Waals surface area contributed by atoms with E-state index >= 15 is 0 Å². The van der Waals surface area contributed by atoms with Crippen LogP contribution in [0, 0.1) is 5.92 Å². The predicted octanol–water partition coefficient (Wildman–Crippen LogP) is 3.40. The first-order valence-corrected chi connectivity index (χ1v) is 9.33. The second kappa shape index (κ2) is 9.80. The summed E-state index contributed by atoms with van der Waals surface area (Å²) in [7, 11) is 0. The molecule has 1 aliphatic heterocycles. The molecule has 25 heavy (non-hydrogen) atoms. The molecule has 1 aromatic heterocycles. The maximum Gasteiger partial charge on any atom is 0.226 e. The van der Waals surface area contributed by atoms with Crippen LogP contribution < -0.4 is 5.32 Å². The molecule has 2 atom stereocenters. The number of benzene rings is 1. The number of hydrogen-bond acceptors (Lipinski definition) is 4. The van der Waals surface area contributed by atoms with Gasteiger partial charge in [-0.3, -0.25) is 9.78 Å². The molecule has 1 amide bonds. The molecule has 6 heteroatoms. The first-order chi connectivity index (χ1) is 11.8. The van der Waals surface area contributed by atoms with Crippen LogP contribution in [0.2, 0.25) is 0 Å². The third-order valence-electron chi connectivity index (χ3n) is 4.26. The lowest BCUT2D eigenvalue weighted by Crippen LogP contribution is -2.50. The number of piperazine rings is 1. The number of aromatic nitrogens is 1. The average Bonchev–Trinajstić information content (AvgIpc) is 2.67. The molecule has 2 aromatic rings. The molecule has 2 heterocycles. The highest BCUT2D eigenvalue weighted by atomic mass is 35.5. The van der Waals surface area contributed by atoms with Crippen molar-refractivity contribution in [2.45, 2.75) is 17.9 Å². The quantitative estimate of drug-likeness (QED) is 0.811. The fraction of sp³-hybridized carbons (Fsp3) is 0.368. The van der Waals surface area contributed by atoms with E-state index in [-0.39, 0.29) is 30.3 Å². The number of rotatable bonds is 5. The Labute approximate surface area is 159 Å². The SMILES string of the molecule is CC(CSc1ccccc1)C(=O)N1CCNCC1c1cccnc1.Cl. The summed E-state index contributed by atoms with van der Waals surface area (Å²) in [5.41, 5.74) is 1.10. The second-order valence-corrected chi connectivity index (χ2v) is 7.16. The van der Waals surface area contributed by atoms with E-state index in [9.17, 15) is 4.79 Å². The standard InChI is InChI=1S/C19H23N3OS.ClH/c1-15(14-24-17-7-3-2-4-8-17)19(23)22-11-10-21-13-18(22)16-6-5-9-20-12-16;/h2-9,12,15,18,21H,10-11,13-14H2,1H3;1H. The van der Waals surface area contributed by atoms with Crippen LogP contribution in [-0.4, -0.2) is 41.2 Å². The summed E-state index contributed by atoms with van der Waals surface area (Å²) in [6, 6.07) is 14.3. The number of carbonyl (C=O) groups excluding carboxylic acids is 1. The molecule has 0 aliphatic carbocycles. The summed E-state index contributed by atoms with van der Waals surface area (Å²) in [6.45, 7) is 4.41. The van der Waals surface area contributed by atoms with E-state index in [1.807, 2.05) is 48.4 Å². The van der Waals surface area contributed by atoms with E-state index in [0.717, 1.165) is 31.0 Å². The van der Waals surface area contributed by atoms with Gasteiger partial charge in [-0.2, -0.15) is 0 Å². The van der Waals surface area contributed by atoms with Crippen LogP contribution in [0.1, 0.15) is 18.5 Å². The molecule has 2 unspecified atom stereocenters. The number of nitrogens with one attached hydrogen (secondary N) is 1. The molecule has 1 aliphatic rings. The van der Waals surface area contributed by atoms with Crippen molar-refractivity contribution in [3.8, 4) is 0 Å². The maximum atomic E-state index is 13.0. The van der Waals surface area contributed by atoms with Gasteiger partial charge in [-0.1, -0.05) is 31.2 Å². The molecule has 0 spiro atoms. The summed E-state index contributed by atoms with van der Waals surface area (Å²) in [4.78, 5) is 20.4. The number of halogens is 1. The van der Waals surface area contributed by atoms with Crippen molar-refractivity contribution in [3.05, 3.63) is 60.4 Å². The van der Waals surface area contributed by atoms with Gasteiger partial charge < -0.3 is 10.2 Å². The van der Waals surface area contributed by atoms with Crippen molar-refractivity contribution < 1.29 is 4.79 Å². The lowest BCUT2D eigenvalue weighted by molar-refractivity contribution is -0.137. The van der Waals surface area contributed by atoms with Gasteiger partial charge >= 0.3 is 0 Å². The van der Waals surface area contributed by atoms with Gasteiger partial charge in [0.05, 0.1) is 6.04 Å². The smallest absolute Gasteiger partial charge is 0.226 e. The molecule has 1 saturated heterocycles. The second-order valence-electron chi connectivity index (χ2n) is 6.06. The Bertz CT molecular complexity index is 656. The van der Waals surface area contributed by atoms with Gasteiger partial charge in [-0.05, 0) is 23.8 Å². The normalized spacial score (nSPS) is 18.3.